The summed E-state index contributed by atoms with van der Waals surface area (Å²) in [4.78, 5) is 4.66. The first-order chi connectivity index (χ1) is 7.88. The van der Waals surface area contributed by atoms with Crippen molar-refractivity contribution < 1.29 is 4.74 Å². The summed E-state index contributed by atoms with van der Waals surface area (Å²) in [5, 5.41) is 3.38. The van der Waals surface area contributed by atoms with Crippen LogP contribution in [0.5, 0.6) is 5.75 Å². The maximum atomic E-state index is 5.22. The van der Waals surface area contributed by atoms with Crippen LogP contribution in [-0.2, 0) is 13.0 Å². The lowest BCUT2D eigenvalue weighted by Crippen LogP contribution is -2.17. The Morgan fingerprint density at radius 3 is 3.19 bits per heavy atom. The summed E-state index contributed by atoms with van der Waals surface area (Å²) in [7, 11) is 1.69. The number of hydrogen-bond acceptors (Lipinski definition) is 3. The molecule has 0 unspecified atom stereocenters. The van der Waals surface area contributed by atoms with Gasteiger partial charge in [0.15, 0.2) is 0 Å². The van der Waals surface area contributed by atoms with Crippen molar-refractivity contribution in [2.45, 2.75) is 13.0 Å². The summed E-state index contributed by atoms with van der Waals surface area (Å²) >= 11 is 0. The minimum absolute atomic E-state index is 0.874. The first kappa shape index (κ1) is 9.66. The van der Waals surface area contributed by atoms with Crippen molar-refractivity contribution in [2.75, 3.05) is 20.2 Å². The average molecular weight is 217 g/mol. The molecule has 4 nitrogen and oxygen atoms in total. The van der Waals surface area contributed by atoms with Gasteiger partial charge in [0.1, 0.15) is 11.6 Å². The van der Waals surface area contributed by atoms with Crippen molar-refractivity contribution in [2.24, 2.45) is 0 Å². The predicted molar refractivity (Wildman–Crippen MR) is 62.9 cm³/mol. The molecule has 2 aromatic rings. The van der Waals surface area contributed by atoms with Crippen molar-refractivity contribution >= 4 is 11.0 Å². The zero-order valence-corrected chi connectivity index (χ0v) is 9.36. The summed E-state index contributed by atoms with van der Waals surface area (Å²) in [6.07, 6.45) is 0.997. The van der Waals surface area contributed by atoms with Crippen LogP contribution in [0, 0.1) is 0 Å². The first-order valence-corrected chi connectivity index (χ1v) is 5.62. The minimum Gasteiger partial charge on any atom is -0.497 e. The second-order valence-corrected chi connectivity index (χ2v) is 4.03. The molecule has 0 aliphatic carbocycles. The Morgan fingerprint density at radius 2 is 2.31 bits per heavy atom. The number of imidazole rings is 1. The third kappa shape index (κ3) is 1.46. The number of fused-ring (bicyclic) bond motifs is 3. The van der Waals surface area contributed by atoms with Gasteiger partial charge in [-0.1, -0.05) is 0 Å². The molecule has 1 aromatic carbocycles. The van der Waals surface area contributed by atoms with Crippen LogP contribution in [-0.4, -0.2) is 29.8 Å². The van der Waals surface area contributed by atoms with Crippen LogP contribution in [0.25, 0.3) is 11.0 Å². The number of nitrogens with one attached hydrogen (secondary N) is 1. The van der Waals surface area contributed by atoms with E-state index < -0.39 is 0 Å². The Kier molecular flexibility index (Phi) is 2.29. The summed E-state index contributed by atoms with van der Waals surface area (Å²) in [5.74, 6) is 2.05. The molecular weight excluding hydrogens is 202 g/mol. The van der Waals surface area contributed by atoms with Crippen LogP contribution in [0.1, 0.15) is 5.82 Å². The number of rotatable bonds is 1. The quantitative estimate of drug-likeness (QED) is 0.780. The number of benzene rings is 1. The SMILES string of the molecule is COc1ccc2c(c1)nc1n2CCNCC1. The van der Waals surface area contributed by atoms with Gasteiger partial charge in [0.25, 0.3) is 0 Å². The number of aromatic nitrogens is 2. The van der Waals surface area contributed by atoms with Crippen molar-refractivity contribution in [1.82, 2.24) is 14.9 Å². The number of ether oxygens (including phenoxy) is 1. The lowest BCUT2D eigenvalue weighted by atomic mass is 10.3. The molecule has 1 aliphatic heterocycles. The normalized spacial score (nSPS) is 15.8. The molecule has 3 rings (SSSR count). The molecule has 1 N–H and O–H groups in total. The van der Waals surface area contributed by atoms with E-state index in [1.807, 2.05) is 12.1 Å². The van der Waals surface area contributed by atoms with Crippen LogP contribution in [0.3, 0.4) is 0 Å². The highest BCUT2D eigenvalue weighted by Crippen LogP contribution is 2.22. The molecule has 4 heteroatoms. The number of methoxy groups -OCH3 is 1. The molecule has 0 saturated heterocycles. The van der Waals surface area contributed by atoms with Gasteiger partial charge >= 0.3 is 0 Å². The van der Waals surface area contributed by atoms with Crippen molar-refractivity contribution in [3.8, 4) is 5.75 Å². The van der Waals surface area contributed by atoms with E-state index in [4.69, 9.17) is 4.74 Å². The van der Waals surface area contributed by atoms with Crippen LogP contribution in [0.2, 0.25) is 0 Å². The monoisotopic (exact) mass is 217 g/mol. The topological polar surface area (TPSA) is 39.1 Å². The number of nitrogens with zero attached hydrogens (tertiary/aromatic N) is 2. The lowest BCUT2D eigenvalue weighted by Gasteiger charge is -2.04. The van der Waals surface area contributed by atoms with E-state index in [1.165, 1.54) is 11.3 Å². The van der Waals surface area contributed by atoms with Gasteiger partial charge in [0.2, 0.25) is 0 Å². The molecule has 0 fully saturated rings. The predicted octanol–water partition coefficient (Wildman–Crippen LogP) is 1.19. The molecule has 0 saturated carbocycles. The number of hydrogen-bond donors (Lipinski definition) is 1. The molecule has 0 radical (unpaired) electrons. The van der Waals surface area contributed by atoms with Crippen LogP contribution >= 0.6 is 0 Å². The van der Waals surface area contributed by atoms with Gasteiger partial charge in [-0.05, 0) is 12.1 Å². The van der Waals surface area contributed by atoms with Gasteiger partial charge in [-0.25, -0.2) is 4.98 Å². The molecule has 0 spiro atoms. The van der Waals surface area contributed by atoms with Gasteiger partial charge < -0.3 is 14.6 Å². The smallest absolute Gasteiger partial charge is 0.121 e. The van der Waals surface area contributed by atoms with E-state index in [1.54, 1.807) is 7.11 Å². The summed E-state index contributed by atoms with van der Waals surface area (Å²) in [6, 6.07) is 6.09. The van der Waals surface area contributed by atoms with Gasteiger partial charge in [-0.15, -0.1) is 0 Å². The van der Waals surface area contributed by atoms with Gasteiger partial charge in [0, 0.05) is 32.1 Å². The molecule has 0 atom stereocenters. The lowest BCUT2D eigenvalue weighted by molar-refractivity contribution is 0.415. The zero-order chi connectivity index (χ0) is 11.0. The van der Waals surface area contributed by atoms with Crippen LogP contribution < -0.4 is 10.1 Å². The van der Waals surface area contributed by atoms with Crippen LogP contribution in [0.4, 0.5) is 0 Å². The summed E-state index contributed by atoms with van der Waals surface area (Å²) in [6.45, 7) is 3.03. The van der Waals surface area contributed by atoms with Gasteiger partial charge in [0.05, 0.1) is 18.1 Å². The minimum atomic E-state index is 0.874. The second kappa shape index (κ2) is 3.79. The third-order valence-corrected chi connectivity index (χ3v) is 3.07. The third-order valence-electron chi connectivity index (χ3n) is 3.07. The highest BCUT2D eigenvalue weighted by atomic mass is 16.5. The fraction of sp³-hybridized carbons (Fsp3) is 0.417. The molecule has 1 aromatic heterocycles. The molecule has 2 heterocycles. The van der Waals surface area contributed by atoms with Crippen molar-refractivity contribution in [3.63, 3.8) is 0 Å². The second-order valence-electron chi connectivity index (χ2n) is 4.03. The fourth-order valence-electron chi connectivity index (χ4n) is 2.24. The molecule has 0 amide bonds. The molecule has 84 valence electrons. The zero-order valence-electron chi connectivity index (χ0n) is 9.36. The maximum Gasteiger partial charge on any atom is 0.121 e. The van der Waals surface area contributed by atoms with Crippen LogP contribution in [0.15, 0.2) is 18.2 Å². The Morgan fingerprint density at radius 1 is 1.38 bits per heavy atom. The molecule has 16 heavy (non-hydrogen) atoms. The van der Waals surface area contributed by atoms with E-state index in [0.717, 1.165) is 37.3 Å². The van der Waals surface area contributed by atoms with Gasteiger partial charge in [-0.2, -0.15) is 0 Å². The Labute approximate surface area is 94.2 Å². The molecular formula is C12H15N3O. The van der Waals surface area contributed by atoms with E-state index in [9.17, 15) is 0 Å². The summed E-state index contributed by atoms with van der Waals surface area (Å²) in [5.41, 5.74) is 2.25. The largest absolute Gasteiger partial charge is 0.497 e. The van der Waals surface area contributed by atoms with Crippen molar-refractivity contribution in [1.29, 1.82) is 0 Å². The Hall–Kier alpha value is -1.55. The molecule has 0 bridgehead atoms. The maximum absolute atomic E-state index is 5.22. The fourth-order valence-corrected chi connectivity index (χ4v) is 2.24. The Bertz CT molecular complexity index is 518. The summed E-state index contributed by atoms with van der Waals surface area (Å²) < 4.78 is 7.52. The van der Waals surface area contributed by atoms with E-state index >= 15 is 0 Å². The standard InChI is InChI=1S/C12H15N3O/c1-16-9-2-3-11-10(8-9)14-12-4-5-13-6-7-15(11)12/h2-3,8,13H,4-7H2,1H3. The van der Waals surface area contributed by atoms with E-state index in [2.05, 4.69) is 20.9 Å². The highest BCUT2D eigenvalue weighted by Gasteiger charge is 2.13. The first-order valence-electron chi connectivity index (χ1n) is 5.62. The van der Waals surface area contributed by atoms with Crippen molar-refractivity contribution in [3.05, 3.63) is 24.0 Å². The Balaban J connectivity index is 2.17. The van der Waals surface area contributed by atoms with E-state index in [0.29, 0.717) is 0 Å². The molecule has 1 aliphatic rings. The average Bonchev–Trinajstić information content (AvgIpc) is 2.50. The van der Waals surface area contributed by atoms with Gasteiger partial charge in [-0.3, -0.25) is 0 Å². The van der Waals surface area contributed by atoms with E-state index in [-0.39, 0.29) is 0 Å². The highest BCUT2D eigenvalue weighted by molar-refractivity contribution is 5.77.